The number of likely N-dealkylation sites (tertiary alicyclic amines) is 2. The Labute approximate surface area is 250 Å². The number of halogens is 3. The van der Waals surface area contributed by atoms with Crippen molar-refractivity contribution in [1.82, 2.24) is 9.80 Å². The lowest BCUT2D eigenvalue weighted by Crippen LogP contribution is -2.58. The second kappa shape index (κ2) is 10.9. The highest BCUT2D eigenvalue weighted by Crippen LogP contribution is 2.55. The van der Waals surface area contributed by atoms with E-state index in [1.165, 1.54) is 23.3 Å². The van der Waals surface area contributed by atoms with E-state index in [0.717, 1.165) is 50.3 Å². The third-order valence-electron chi connectivity index (χ3n) is 10.1. The molecule has 3 heterocycles. The molecule has 0 aromatic heterocycles. The molecule has 3 aromatic carbocycles. The number of hydrogen-bond acceptors (Lipinski definition) is 4. The van der Waals surface area contributed by atoms with Crippen molar-refractivity contribution in [2.45, 2.75) is 69.2 Å². The minimum absolute atomic E-state index is 0.0153. The van der Waals surface area contributed by atoms with Crippen molar-refractivity contribution in [1.29, 1.82) is 0 Å². The van der Waals surface area contributed by atoms with Crippen LogP contribution < -0.4 is 0 Å². The zero-order valence-corrected chi connectivity index (χ0v) is 24.2. The van der Waals surface area contributed by atoms with Gasteiger partial charge in [-0.05, 0) is 54.4 Å². The number of nitrogens with zero attached hydrogens (tertiary/aromatic N) is 3. The van der Waals surface area contributed by atoms with Crippen molar-refractivity contribution in [2.75, 3.05) is 13.1 Å². The molecule has 5 nitrogen and oxygen atoms in total. The zero-order valence-electron chi connectivity index (χ0n) is 24.2. The molecule has 3 aromatic rings. The fourth-order valence-electron chi connectivity index (χ4n) is 7.77. The van der Waals surface area contributed by atoms with Crippen LogP contribution in [0.2, 0.25) is 0 Å². The van der Waals surface area contributed by atoms with Gasteiger partial charge in [0.2, 0.25) is 5.91 Å². The molecule has 1 spiro atoms. The highest BCUT2D eigenvalue weighted by Gasteiger charge is 2.64. The normalized spacial score (nSPS) is 29.8. The van der Waals surface area contributed by atoms with Gasteiger partial charge in [0.1, 0.15) is 0 Å². The lowest BCUT2D eigenvalue weighted by atomic mass is 9.77. The summed E-state index contributed by atoms with van der Waals surface area (Å²) >= 11 is 0. The lowest BCUT2D eigenvalue weighted by Gasteiger charge is -2.45. The molecule has 3 aliphatic heterocycles. The Balaban J connectivity index is 1.20. The quantitative estimate of drug-likeness (QED) is 0.317. The van der Waals surface area contributed by atoms with Gasteiger partial charge in [-0.25, -0.2) is 0 Å². The average molecular weight is 588 g/mol. The maximum absolute atomic E-state index is 14.4. The second-order valence-corrected chi connectivity index (χ2v) is 12.5. The van der Waals surface area contributed by atoms with Gasteiger partial charge in [-0.15, -0.1) is 0 Å². The summed E-state index contributed by atoms with van der Waals surface area (Å²) in [5.41, 5.74) is 2.19. The highest BCUT2D eigenvalue weighted by molar-refractivity contribution is 6.01. The van der Waals surface area contributed by atoms with Crippen molar-refractivity contribution in [3.05, 3.63) is 107 Å². The number of rotatable bonds is 5. The molecule has 0 unspecified atom stereocenters. The predicted molar refractivity (Wildman–Crippen MR) is 158 cm³/mol. The van der Waals surface area contributed by atoms with Crippen molar-refractivity contribution >= 4 is 11.6 Å². The van der Waals surface area contributed by atoms with E-state index in [0.29, 0.717) is 18.4 Å². The smallest absolute Gasteiger partial charge is 0.321 e. The number of ether oxygens (including phenoxy) is 1. The van der Waals surface area contributed by atoms with Gasteiger partial charge in [0.05, 0.1) is 11.3 Å². The Morgan fingerprint density at radius 2 is 1.53 bits per heavy atom. The summed E-state index contributed by atoms with van der Waals surface area (Å²) in [6.07, 6.45) is -2.32. The predicted octanol–water partition coefficient (Wildman–Crippen LogP) is 7.21. The first-order valence-electron chi connectivity index (χ1n) is 15.3. The highest BCUT2D eigenvalue weighted by atomic mass is 19.4. The summed E-state index contributed by atoms with van der Waals surface area (Å²) in [6, 6.07) is 25.8. The second-order valence-electron chi connectivity index (χ2n) is 12.5. The molecular weight excluding hydrogens is 551 g/mol. The van der Waals surface area contributed by atoms with Crippen LogP contribution in [-0.4, -0.2) is 46.3 Å². The molecule has 5 atom stereocenters. The number of amides is 1. The fraction of sp³-hybridized carbons (Fsp3) is 0.429. The van der Waals surface area contributed by atoms with Crippen LogP contribution in [0.5, 0.6) is 0 Å². The summed E-state index contributed by atoms with van der Waals surface area (Å²) in [4.78, 5) is 23.9. The first-order chi connectivity index (χ1) is 20.7. The first-order valence-corrected chi connectivity index (χ1v) is 15.3. The number of fused-ring (bicyclic) bond motifs is 1. The molecule has 1 aliphatic carbocycles. The van der Waals surface area contributed by atoms with E-state index in [2.05, 4.69) is 48.2 Å². The summed E-state index contributed by atoms with van der Waals surface area (Å²) in [7, 11) is 0. The van der Waals surface area contributed by atoms with Gasteiger partial charge in [-0.3, -0.25) is 14.7 Å². The molecule has 2 saturated heterocycles. The summed E-state index contributed by atoms with van der Waals surface area (Å²) in [5.74, 6) is 0.0963. The van der Waals surface area contributed by atoms with E-state index in [9.17, 15) is 18.0 Å². The molecule has 2 bridgehead atoms. The van der Waals surface area contributed by atoms with Crippen LogP contribution in [0, 0.1) is 11.8 Å². The molecule has 224 valence electrons. The van der Waals surface area contributed by atoms with Gasteiger partial charge in [0, 0.05) is 43.6 Å². The van der Waals surface area contributed by atoms with E-state index in [4.69, 9.17) is 9.73 Å². The molecule has 4 aliphatic rings. The largest absolute Gasteiger partial charge is 0.416 e. The van der Waals surface area contributed by atoms with Crippen LogP contribution in [0.4, 0.5) is 13.2 Å². The standard InChI is InChI=1S/C35H36F3N3O2/c1-23-29(25-10-6-3-7-11-25)20-31-34(43-32(39-31)26-12-14-27(15-13-26)35(36,37)38)21-30(23)33(42)41(34)28-16-18-40(19-17-28)22-24-8-4-2-5-9-24/h2-15,23,28-30,32H,16-22H2,1H3/t23-,29+,30+,32-,34+/m1/s1. The molecule has 0 radical (unpaired) electrons. The maximum atomic E-state index is 14.4. The van der Waals surface area contributed by atoms with Gasteiger partial charge in [0.15, 0.2) is 12.0 Å². The van der Waals surface area contributed by atoms with E-state index in [1.807, 2.05) is 29.2 Å². The van der Waals surface area contributed by atoms with Crippen LogP contribution in [0.15, 0.2) is 89.9 Å². The molecule has 0 N–H and O–H groups in total. The van der Waals surface area contributed by atoms with Gasteiger partial charge in [0.25, 0.3) is 0 Å². The van der Waals surface area contributed by atoms with E-state index < -0.39 is 23.7 Å². The van der Waals surface area contributed by atoms with Gasteiger partial charge < -0.3 is 9.64 Å². The third-order valence-corrected chi connectivity index (χ3v) is 10.1. The average Bonchev–Trinajstić information content (AvgIpc) is 3.48. The molecule has 3 fully saturated rings. The van der Waals surface area contributed by atoms with E-state index in [1.54, 1.807) is 0 Å². The number of benzene rings is 3. The molecule has 8 heteroatoms. The molecule has 1 amide bonds. The Hall–Kier alpha value is -3.49. The molecular formula is C35H36F3N3O2. The molecule has 1 saturated carbocycles. The van der Waals surface area contributed by atoms with Crippen molar-refractivity contribution in [2.24, 2.45) is 16.8 Å². The number of alkyl halides is 3. The lowest BCUT2D eigenvalue weighted by molar-refractivity contribution is -0.158. The SMILES string of the molecule is C[C@H]1[C@@H]2C[C@@]3(O[C@H](c4ccc(C(F)(F)F)cc4)N=C3C[C@@H]1c1ccccc1)N(C1CCN(Cc3ccccc3)CC1)C2=O. The van der Waals surface area contributed by atoms with Gasteiger partial charge >= 0.3 is 6.18 Å². The summed E-state index contributed by atoms with van der Waals surface area (Å²) in [6.45, 7) is 4.81. The van der Waals surface area contributed by atoms with Crippen molar-refractivity contribution in [3.63, 3.8) is 0 Å². The maximum Gasteiger partial charge on any atom is 0.416 e. The van der Waals surface area contributed by atoms with Gasteiger partial charge in [-0.1, -0.05) is 79.7 Å². The van der Waals surface area contributed by atoms with E-state index in [-0.39, 0.29) is 29.7 Å². The molecule has 43 heavy (non-hydrogen) atoms. The van der Waals surface area contributed by atoms with Crippen LogP contribution in [0.25, 0.3) is 0 Å². The minimum atomic E-state index is -4.41. The molecule has 7 rings (SSSR count). The summed E-state index contributed by atoms with van der Waals surface area (Å²) in [5, 5.41) is 0. The Kier molecular flexibility index (Phi) is 7.17. The zero-order chi connectivity index (χ0) is 29.8. The number of carbonyl (C=O) groups excluding carboxylic acids is 1. The topological polar surface area (TPSA) is 45.1 Å². The Morgan fingerprint density at radius 3 is 2.19 bits per heavy atom. The Morgan fingerprint density at radius 1 is 0.884 bits per heavy atom. The van der Waals surface area contributed by atoms with Crippen LogP contribution in [-0.2, 0) is 22.3 Å². The first kappa shape index (κ1) is 28.3. The minimum Gasteiger partial charge on any atom is -0.321 e. The number of carbonyl (C=O) groups is 1. The van der Waals surface area contributed by atoms with Crippen LogP contribution in [0.3, 0.4) is 0 Å². The van der Waals surface area contributed by atoms with Crippen molar-refractivity contribution in [3.8, 4) is 0 Å². The monoisotopic (exact) mass is 587 g/mol. The van der Waals surface area contributed by atoms with Crippen molar-refractivity contribution < 1.29 is 22.7 Å². The number of hydrogen-bond donors (Lipinski definition) is 0. The van der Waals surface area contributed by atoms with Crippen LogP contribution in [0.1, 0.15) is 67.0 Å². The Bertz CT molecular complexity index is 1490. The van der Waals surface area contributed by atoms with Gasteiger partial charge in [-0.2, -0.15) is 13.2 Å². The third kappa shape index (κ3) is 5.08. The summed E-state index contributed by atoms with van der Waals surface area (Å²) < 4.78 is 46.7. The fourth-order valence-corrected chi connectivity index (χ4v) is 7.77. The number of aliphatic imine (C=N–C) groups is 1. The van der Waals surface area contributed by atoms with Crippen LogP contribution >= 0.6 is 0 Å². The number of piperidine rings is 1. The van der Waals surface area contributed by atoms with E-state index >= 15 is 0 Å².